The van der Waals surface area contributed by atoms with Crippen molar-refractivity contribution in [3.63, 3.8) is 0 Å². The summed E-state index contributed by atoms with van der Waals surface area (Å²) in [4.78, 5) is 10.8. The number of benzene rings is 1. The molecule has 0 radical (unpaired) electrons. The largest absolute Gasteiger partial charge is 0.478 e. The Hall–Kier alpha value is -1.58. The summed E-state index contributed by atoms with van der Waals surface area (Å²) in [5.41, 5.74) is 5.83. The van der Waals surface area contributed by atoms with Gasteiger partial charge in [0, 0.05) is 0 Å². The normalized spacial score (nSPS) is 11.2. The van der Waals surface area contributed by atoms with E-state index in [1.54, 1.807) is 6.07 Å². The number of rotatable bonds is 4. The first-order chi connectivity index (χ1) is 9.29. The number of anilines is 2. The van der Waals surface area contributed by atoms with E-state index in [1.165, 1.54) is 24.3 Å². The Morgan fingerprint density at radius 1 is 1.30 bits per heavy atom. The first kappa shape index (κ1) is 14.8. The molecule has 6 nitrogen and oxygen atoms in total. The van der Waals surface area contributed by atoms with Crippen LogP contribution in [0.3, 0.4) is 0 Å². The van der Waals surface area contributed by atoms with E-state index in [4.69, 9.17) is 10.8 Å². The lowest BCUT2D eigenvalue weighted by molar-refractivity contribution is 0.0697. The van der Waals surface area contributed by atoms with Gasteiger partial charge in [0.2, 0.25) is 0 Å². The Labute approximate surface area is 127 Å². The summed E-state index contributed by atoms with van der Waals surface area (Å²) in [6, 6.07) is 6.87. The van der Waals surface area contributed by atoms with Gasteiger partial charge in [-0.1, -0.05) is 0 Å². The van der Waals surface area contributed by atoms with Crippen LogP contribution < -0.4 is 10.5 Å². The lowest BCUT2D eigenvalue weighted by Crippen LogP contribution is -2.13. The van der Waals surface area contributed by atoms with Crippen molar-refractivity contribution < 1.29 is 18.3 Å². The molecule has 0 aliphatic rings. The van der Waals surface area contributed by atoms with Gasteiger partial charge in [0.15, 0.2) is 0 Å². The van der Waals surface area contributed by atoms with Gasteiger partial charge in [0.05, 0.1) is 20.7 Å². The highest BCUT2D eigenvalue weighted by Crippen LogP contribution is 2.29. The monoisotopic (exact) mass is 376 g/mol. The fourth-order valence-corrected chi connectivity index (χ4v) is 4.52. The van der Waals surface area contributed by atoms with Crippen LogP contribution in [0.4, 0.5) is 11.4 Å². The van der Waals surface area contributed by atoms with E-state index in [0.717, 1.165) is 11.3 Å². The maximum Gasteiger partial charge on any atom is 0.335 e. The van der Waals surface area contributed by atoms with Crippen LogP contribution in [0.2, 0.25) is 0 Å². The van der Waals surface area contributed by atoms with E-state index in [9.17, 15) is 13.2 Å². The van der Waals surface area contributed by atoms with Gasteiger partial charge in [-0.05, 0) is 46.3 Å². The molecule has 0 unspecified atom stereocenters. The molecular weight excluding hydrogens is 368 g/mol. The molecule has 1 heterocycles. The van der Waals surface area contributed by atoms with Crippen LogP contribution in [0.5, 0.6) is 0 Å². The molecule has 1 aromatic carbocycles. The van der Waals surface area contributed by atoms with Crippen molar-refractivity contribution >= 4 is 54.6 Å². The number of sulfonamides is 1. The van der Waals surface area contributed by atoms with E-state index < -0.39 is 16.0 Å². The lowest BCUT2D eigenvalue weighted by Gasteiger charge is -2.09. The van der Waals surface area contributed by atoms with E-state index in [-0.39, 0.29) is 21.1 Å². The first-order valence-electron chi connectivity index (χ1n) is 5.20. The number of halogens is 1. The fraction of sp³-hybridized carbons (Fsp3) is 0. The zero-order chi connectivity index (χ0) is 14.9. The number of nitrogens with one attached hydrogen (secondary N) is 1. The molecule has 1 aromatic heterocycles. The van der Waals surface area contributed by atoms with Crippen LogP contribution in [0.15, 0.2) is 38.3 Å². The Balaban J connectivity index is 2.32. The van der Waals surface area contributed by atoms with Crippen molar-refractivity contribution in [2.24, 2.45) is 0 Å². The minimum atomic E-state index is -3.74. The van der Waals surface area contributed by atoms with Gasteiger partial charge in [-0.15, -0.1) is 11.3 Å². The maximum atomic E-state index is 12.1. The molecule has 0 amide bonds. The fourth-order valence-electron chi connectivity index (χ4n) is 1.43. The summed E-state index contributed by atoms with van der Waals surface area (Å²) in [6.07, 6.45) is 0. The number of carboxylic acid groups (broad SMARTS) is 1. The summed E-state index contributed by atoms with van der Waals surface area (Å²) >= 11 is 4.25. The maximum absolute atomic E-state index is 12.1. The van der Waals surface area contributed by atoms with Gasteiger partial charge >= 0.3 is 5.97 Å². The van der Waals surface area contributed by atoms with Crippen LogP contribution in [0.1, 0.15) is 10.4 Å². The second-order valence-electron chi connectivity index (χ2n) is 3.77. The molecule has 0 aliphatic carbocycles. The summed E-state index contributed by atoms with van der Waals surface area (Å²) < 4.78 is 27.3. The number of aromatic carboxylic acids is 1. The minimum Gasteiger partial charge on any atom is -0.478 e. The number of hydrogen-bond donors (Lipinski definition) is 3. The molecule has 0 fully saturated rings. The van der Waals surface area contributed by atoms with E-state index >= 15 is 0 Å². The summed E-state index contributed by atoms with van der Waals surface area (Å²) in [5.74, 6) is -1.13. The highest BCUT2D eigenvalue weighted by atomic mass is 79.9. The second-order valence-corrected chi connectivity index (χ2v) is 8.14. The van der Waals surface area contributed by atoms with E-state index in [0.29, 0.717) is 3.79 Å². The van der Waals surface area contributed by atoms with E-state index in [1.807, 2.05) is 0 Å². The molecule has 0 saturated carbocycles. The topological polar surface area (TPSA) is 109 Å². The van der Waals surface area contributed by atoms with Crippen molar-refractivity contribution in [3.8, 4) is 0 Å². The SMILES string of the molecule is Nc1cc(C(=O)O)ccc1NS(=O)(=O)c1ccc(Br)s1. The Kier molecular flexibility index (Phi) is 4.02. The quantitative estimate of drug-likeness (QED) is 0.710. The average molecular weight is 377 g/mol. The highest BCUT2D eigenvalue weighted by Gasteiger charge is 2.18. The van der Waals surface area contributed by atoms with Gasteiger partial charge in [-0.2, -0.15) is 0 Å². The number of carbonyl (C=O) groups is 1. The third-order valence-corrected chi connectivity index (χ3v) is 5.84. The van der Waals surface area contributed by atoms with Crippen molar-refractivity contribution in [1.29, 1.82) is 0 Å². The molecule has 9 heteroatoms. The lowest BCUT2D eigenvalue weighted by atomic mass is 10.2. The third-order valence-electron chi connectivity index (χ3n) is 2.36. The summed E-state index contributed by atoms with van der Waals surface area (Å²) in [7, 11) is -3.74. The molecule has 0 atom stereocenters. The van der Waals surface area contributed by atoms with Crippen LogP contribution in [0.25, 0.3) is 0 Å². The van der Waals surface area contributed by atoms with E-state index in [2.05, 4.69) is 20.7 Å². The third kappa shape index (κ3) is 3.11. The molecule has 4 N–H and O–H groups in total. The molecule has 2 rings (SSSR count). The summed E-state index contributed by atoms with van der Waals surface area (Å²) in [6.45, 7) is 0. The molecule has 0 aliphatic heterocycles. The number of nitrogen functional groups attached to an aromatic ring is 1. The molecule has 0 spiro atoms. The van der Waals surface area contributed by atoms with Crippen molar-refractivity contribution in [1.82, 2.24) is 0 Å². The molecule has 0 bridgehead atoms. The predicted octanol–water partition coefficient (Wildman–Crippen LogP) is 2.59. The average Bonchev–Trinajstić information content (AvgIpc) is 2.79. The van der Waals surface area contributed by atoms with Crippen LogP contribution in [-0.2, 0) is 10.0 Å². The van der Waals surface area contributed by atoms with Gasteiger partial charge in [0.1, 0.15) is 4.21 Å². The van der Waals surface area contributed by atoms with Crippen molar-refractivity contribution in [3.05, 3.63) is 39.7 Å². The molecule has 0 saturated heterocycles. The molecule has 2 aromatic rings. The molecular formula is C11H9BrN2O4S2. The standard InChI is InChI=1S/C11H9BrN2O4S2/c12-9-3-4-10(19-9)20(17,18)14-8-2-1-6(11(15)16)5-7(8)13/h1-5,14H,13H2,(H,15,16). The zero-order valence-corrected chi connectivity index (χ0v) is 13.0. The first-order valence-corrected chi connectivity index (χ1v) is 8.30. The molecule has 20 heavy (non-hydrogen) atoms. The summed E-state index contributed by atoms with van der Waals surface area (Å²) in [5, 5.41) is 8.82. The number of hydrogen-bond acceptors (Lipinski definition) is 5. The van der Waals surface area contributed by atoms with Gasteiger partial charge in [-0.3, -0.25) is 4.72 Å². The Bertz CT molecular complexity index is 770. The molecule has 106 valence electrons. The van der Waals surface area contributed by atoms with Crippen molar-refractivity contribution in [2.75, 3.05) is 10.5 Å². The predicted molar refractivity (Wildman–Crippen MR) is 80.6 cm³/mol. The van der Waals surface area contributed by atoms with Gasteiger partial charge in [-0.25, -0.2) is 13.2 Å². The Morgan fingerprint density at radius 3 is 2.50 bits per heavy atom. The Morgan fingerprint density at radius 2 is 2.00 bits per heavy atom. The zero-order valence-electron chi connectivity index (χ0n) is 9.83. The van der Waals surface area contributed by atoms with Crippen LogP contribution in [0, 0.1) is 0 Å². The van der Waals surface area contributed by atoms with Gasteiger partial charge < -0.3 is 10.8 Å². The van der Waals surface area contributed by atoms with Crippen LogP contribution in [-0.4, -0.2) is 19.5 Å². The number of carboxylic acids is 1. The second kappa shape index (κ2) is 5.43. The number of nitrogens with two attached hydrogens (primary N) is 1. The number of thiophene rings is 1. The minimum absolute atomic E-state index is 0.00989. The van der Waals surface area contributed by atoms with Crippen LogP contribution >= 0.6 is 27.3 Å². The van der Waals surface area contributed by atoms with Gasteiger partial charge in [0.25, 0.3) is 10.0 Å². The van der Waals surface area contributed by atoms with Crippen molar-refractivity contribution in [2.45, 2.75) is 4.21 Å². The highest BCUT2D eigenvalue weighted by molar-refractivity contribution is 9.11. The smallest absolute Gasteiger partial charge is 0.335 e.